The second kappa shape index (κ2) is 7.88. The molecule has 0 unspecified atom stereocenters. The van der Waals surface area contributed by atoms with E-state index < -0.39 is 0 Å². The Morgan fingerprint density at radius 3 is 2.23 bits per heavy atom. The molecule has 2 nitrogen and oxygen atoms in total. The minimum atomic E-state index is 0.190. The molecule has 132 valence electrons. The Bertz CT molecular complexity index is 848. The standard InChI is InChI=1S/C23H23NOS/c25-23(22-12-11-21(26-22)20-9-5-2-6-10-20)24-15-13-19(14-16-24)17-18-7-3-1-4-8-18/h1-12,19H,13-17H2. The first-order valence-corrected chi connectivity index (χ1v) is 10.1. The van der Waals surface area contributed by atoms with Gasteiger partial charge < -0.3 is 4.90 Å². The molecule has 2 heterocycles. The van der Waals surface area contributed by atoms with E-state index in [2.05, 4.69) is 48.5 Å². The molecule has 2 aromatic carbocycles. The van der Waals surface area contributed by atoms with Crippen molar-refractivity contribution < 1.29 is 4.79 Å². The van der Waals surface area contributed by atoms with Crippen LogP contribution in [0.1, 0.15) is 28.1 Å². The minimum Gasteiger partial charge on any atom is -0.338 e. The quantitative estimate of drug-likeness (QED) is 0.600. The second-order valence-electron chi connectivity index (χ2n) is 6.96. The number of nitrogens with zero attached hydrogens (tertiary/aromatic N) is 1. The van der Waals surface area contributed by atoms with Gasteiger partial charge >= 0.3 is 0 Å². The largest absolute Gasteiger partial charge is 0.338 e. The van der Waals surface area contributed by atoms with Gasteiger partial charge in [0.2, 0.25) is 0 Å². The zero-order chi connectivity index (χ0) is 17.8. The zero-order valence-corrected chi connectivity index (χ0v) is 15.6. The lowest BCUT2D eigenvalue weighted by molar-refractivity contribution is 0.0695. The molecule has 1 aromatic heterocycles. The molecule has 3 heteroatoms. The van der Waals surface area contributed by atoms with Crippen molar-refractivity contribution in [2.45, 2.75) is 19.3 Å². The maximum absolute atomic E-state index is 12.8. The van der Waals surface area contributed by atoms with Crippen molar-refractivity contribution in [2.24, 2.45) is 5.92 Å². The van der Waals surface area contributed by atoms with Crippen LogP contribution in [0.4, 0.5) is 0 Å². The number of thiophene rings is 1. The highest BCUT2D eigenvalue weighted by Gasteiger charge is 2.24. The van der Waals surface area contributed by atoms with E-state index in [1.54, 1.807) is 11.3 Å². The Hall–Kier alpha value is -2.39. The molecule has 0 atom stereocenters. The molecule has 0 aliphatic carbocycles. The Balaban J connectivity index is 1.36. The van der Waals surface area contributed by atoms with Crippen LogP contribution < -0.4 is 0 Å². The predicted octanol–water partition coefficient (Wildman–Crippen LogP) is 5.51. The molecule has 0 saturated carbocycles. The number of piperidine rings is 1. The fraction of sp³-hybridized carbons (Fsp3) is 0.261. The van der Waals surface area contributed by atoms with Crippen molar-refractivity contribution in [3.05, 3.63) is 83.2 Å². The Morgan fingerprint density at radius 2 is 1.54 bits per heavy atom. The number of likely N-dealkylation sites (tertiary alicyclic amines) is 1. The van der Waals surface area contributed by atoms with E-state index >= 15 is 0 Å². The summed E-state index contributed by atoms with van der Waals surface area (Å²) in [6, 6.07) is 25.0. The van der Waals surface area contributed by atoms with Crippen LogP contribution in [0, 0.1) is 5.92 Å². The number of hydrogen-bond acceptors (Lipinski definition) is 2. The number of amides is 1. The predicted molar refractivity (Wildman–Crippen MR) is 109 cm³/mol. The summed E-state index contributed by atoms with van der Waals surface area (Å²) < 4.78 is 0. The highest BCUT2D eigenvalue weighted by atomic mass is 32.1. The highest BCUT2D eigenvalue weighted by Crippen LogP contribution is 2.30. The first kappa shape index (κ1) is 17.0. The summed E-state index contributed by atoms with van der Waals surface area (Å²) in [7, 11) is 0. The van der Waals surface area contributed by atoms with E-state index in [0.29, 0.717) is 5.92 Å². The number of carbonyl (C=O) groups excluding carboxylic acids is 1. The molecule has 3 aromatic rings. The number of hydrogen-bond donors (Lipinski definition) is 0. The lowest BCUT2D eigenvalue weighted by atomic mass is 9.90. The van der Waals surface area contributed by atoms with Gasteiger partial charge in [-0.1, -0.05) is 60.7 Å². The average molecular weight is 362 g/mol. The van der Waals surface area contributed by atoms with Gasteiger partial charge in [0, 0.05) is 18.0 Å². The molecule has 1 aliphatic heterocycles. The summed E-state index contributed by atoms with van der Waals surface area (Å²) in [5.41, 5.74) is 2.58. The molecule has 0 spiro atoms. The Morgan fingerprint density at radius 1 is 0.885 bits per heavy atom. The van der Waals surface area contributed by atoms with Gasteiger partial charge in [-0.3, -0.25) is 4.79 Å². The lowest BCUT2D eigenvalue weighted by Gasteiger charge is -2.31. The monoisotopic (exact) mass is 361 g/mol. The van der Waals surface area contributed by atoms with Gasteiger partial charge in [0.05, 0.1) is 4.88 Å². The molecular formula is C23H23NOS. The van der Waals surface area contributed by atoms with Crippen LogP contribution in [0.15, 0.2) is 72.8 Å². The van der Waals surface area contributed by atoms with Gasteiger partial charge in [0.25, 0.3) is 5.91 Å². The van der Waals surface area contributed by atoms with Gasteiger partial charge in [-0.2, -0.15) is 0 Å². The lowest BCUT2D eigenvalue weighted by Crippen LogP contribution is -2.38. The van der Waals surface area contributed by atoms with Gasteiger partial charge in [-0.25, -0.2) is 0 Å². The van der Waals surface area contributed by atoms with Crippen molar-refractivity contribution in [3.8, 4) is 10.4 Å². The highest BCUT2D eigenvalue weighted by molar-refractivity contribution is 7.17. The SMILES string of the molecule is O=C(c1ccc(-c2ccccc2)s1)N1CCC(Cc2ccccc2)CC1. The summed E-state index contributed by atoms with van der Waals surface area (Å²) in [6.07, 6.45) is 3.31. The fourth-order valence-corrected chi connectivity index (χ4v) is 4.63. The van der Waals surface area contributed by atoms with E-state index in [9.17, 15) is 4.79 Å². The molecule has 0 N–H and O–H groups in total. The first-order chi connectivity index (χ1) is 12.8. The van der Waals surface area contributed by atoms with Crippen LogP contribution in [0.5, 0.6) is 0 Å². The van der Waals surface area contributed by atoms with E-state index in [1.807, 2.05) is 29.2 Å². The maximum atomic E-state index is 12.8. The molecular weight excluding hydrogens is 338 g/mol. The number of rotatable bonds is 4. The van der Waals surface area contributed by atoms with Crippen LogP contribution in [0.2, 0.25) is 0 Å². The minimum absolute atomic E-state index is 0.190. The fourth-order valence-electron chi connectivity index (χ4n) is 3.65. The second-order valence-corrected chi connectivity index (χ2v) is 8.04. The number of benzene rings is 2. The Kier molecular flexibility index (Phi) is 5.16. The van der Waals surface area contributed by atoms with Crippen LogP contribution in [0.25, 0.3) is 10.4 Å². The van der Waals surface area contributed by atoms with E-state index in [1.165, 1.54) is 11.1 Å². The number of carbonyl (C=O) groups is 1. The van der Waals surface area contributed by atoms with Crippen molar-refractivity contribution >= 4 is 17.2 Å². The molecule has 1 amide bonds. The summed E-state index contributed by atoms with van der Waals surface area (Å²) in [5.74, 6) is 0.875. The van der Waals surface area contributed by atoms with Crippen molar-refractivity contribution in [3.63, 3.8) is 0 Å². The summed E-state index contributed by atoms with van der Waals surface area (Å²) in [5, 5.41) is 0. The Labute approximate surface area is 159 Å². The summed E-state index contributed by atoms with van der Waals surface area (Å²) in [4.78, 5) is 16.9. The van der Waals surface area contributed by atoms with Gasteiger partial charge in [0.15, 0.2) is 0 Å². The van der Waals surface area contributed by atoms with Gasteiger partial charge in [-0.15, -0.1) is 11.3 Å². The van der Waals surface area contributed by atoms with Crippen molar-refractivity contribution in [1.29, 1.82) is 0 Å². The van der Waals surface area contributed by atoms with Crippen molar-refractivity contribution in [1.82, 2.24) is 4.90 Å². The smallest absolute Gasteiger partial charge is 0.263 e. The van der Waals surface area contributed by atoms with Crippen molar-refractivity contribution in [2.75, 3.05) is 13.1 Å². The van der Waals surface area contributed by atoms with Gasteiger partial charge in [0.1, 0.15) is 0 Å². The third kappa shape index (κ3) is 3.88. The van der Waals surface area contributed by atoms with E-state index in [0.717, 1.165) is 42.1 Å². The first-order valence-electron chi connectivity index (χ1n) is 9.28. The molecule has 1 saturated heterocycles. The molecule has 1 aliphatic rings. The van der Waals surface area contributed by atoms with Crippen LogP contribution in [-0.4, -0.2) is 23.9 Å². The summed E-state index contributed by atoms with van der Waals surface area (Å²) >= 11 is 1.60. The van der Waals surface area contributed by atoms with Crippen LogP contribution in [0.3, 0.4) is 0 Å². The zero-order valence-electron chi connectivity index (χ0n) is 14.8. The normalized spacial score (nSPS) is 15.2. The molecule has 26 heavy (non-hydrogen) atoms. The molecule has 1 fully saturated rings. The van der Waals surface area contributed by atoms with E-state index in [-0.39, 0.29) is 5.91 Å². The van der Waals surface area contributed by atoms with E-state index in [4.69, 9.17) is 0 Å². The van der Waals surface area contributed by atoms with Crippen LogP contribution >= 0.6 is 11.3 Å². The summed E-state index contributed by atoms with van der Waals surface area (Å²) in [6.45, 7) is 1.74. The topological polar surface area (TPSA) is 20.3 Å². The van der Waals surface area contributed by atoms with Crippen LogP contribution in [-0.2, 0) is 6.42 Å². The maximum Gasteiger partial charge on any atom is 0.263 e. The third-order valence-corrected chi connectivity index (χ3v) is 6.27. The van der Waals surface area contributed by atoms with Gasteiger partial charge in [-0.05, 0) is 48.4 Å². The average Bonchev–Trinajstić information content (AvgIpc) is 3.20. The molecule has 4 rings (SSSR count). The molecule has 0 bridgehead atoms. The third-order valence-electron chi connectivity index (χ3n) is 5.14. The molecule has 0 radical (unpaired) electrons.